The van der Waals surface area contributed by atoms with E-state index in [9.17, 15) is 10.2 Å². The van der Waals surface area contributed by atoms with Gasteiger partial charge in [-0.3, -0.25) is 4.98 Å². The molecule has 0 spiro atoms. The van der Waals surface area contributed by atoms with Crippen LogP contribution in [0.5, 0.6) is 5.75 Å². The van der Waals surface area contributed by atoms with E-state index in [-0.39, 0.29) is 30.8 Å². The van der Waals surface area contributed by atoms with Gasteiger partial charge in [-0.2, -0.15) is 0 Å². The number of aromatic hydroxyl groups is 1. The van der Waals surface area contributed by atoms with E-state index in [2.05, 4.69) is 10.3 Å². The maximum Gasteiger partial charge on any atom is 0.141 e. The Hall–Kier alpha value is -0.880. The van der Waals surface area contributed by atoms with Crippen molar-refractivity contribution in [1.29, 1.82) is 0 Å². The van der Waals surface area contributed by atoms with Crippen molar-refractivity contribution < 1.29 is 14.9 Å². The SMILES string of the molecule is Cc1ncc(CO)c([C@@H]2COCCN2)c1O.Cl. The molecule has 0 amide bonds. The minimum absolute atomic E-state index is 0. The molecule has 3 N–H and O–H groups in total. The summed E-state index contributed by atoms with van der Waals surface area (Å²) in [5.74, 6) is 0.148. The molecule has 1 aromatic rings. The van der Waals surface area contributed by atoms with Gasteiger partial charge in [0.1, 0.15) is 5.75 Å². The Balaban J connectivity index is 0.00000144. The lowest BCUT2D eigenvalue weighted by molar-refractivity contribution is 0.0753. The number of pyridine rings is 1. The first-order valence-corrected chi connectivity index (χ1v) is 5.33. The number of nitrogens with zero attached hydrogens (tertiary/aromatic N) is 1. The number of morpholine rings is 1. The van der Waals surface area contributed by atoms with Gasteiger partial charge in [-0.05, 0) is 6.92 Å². The van der Waals surface area contributed by atoms with Crippen LogP contribution in [0.4, 0.5) is 0 Å². The van der Waals surface area contributed by atoms with E-state index in [1.165, 1.54) is 0 Å². The number of hydrogen-bond acceptors (Lipinski definition) is 5. The summed E-state index contributed by atoms with van der Waals surface area (Å²) in [6.07, 6.45) is 1.60. The maximum atomic E-state index is 9.99. The highest BCUT2D eigenvalue weighted by Gasteiger charge is 2.23. The third-order valence-corrected chi connectivity index (χ3v) is 2.80. The van der Waals surface area contributed by atoms with Crippen LogP contribution in [0.15, 0.2) is 6.20 Å². The predicted molar refractivity (Wildman–Crippen MR) is 65.4 cm³/mol. The number of aromatic nitrogens is 1. The van der Waals surface area contributed by atoms with Crippen molar-refractivity contribution in [2.75, 3.05) is 19.8 Å². The molecule has 2 rings (SSSR count). The molecule has 1 atom stereocenters. The first kappa shape index (κ1) is 14.2. The first-order chi connectivity index (χ1) is 7.74. The monoisotopic (exact) mass is 260 g/mol. The Labute approximate surface area is 106 Å². The van der Waals surface area contributed by atoms with Crippen molar-refractivity contribution in [2.45, 2.75) is 19.6 Å². The number of aliphatic hydroxyl groups is 1. The van der Waals surface area contributed by atoms with E-state index < -0.39 is 0 Å². The van der Waals surface area contributed by atoms with Crippen LogP contribution in [0.3, 0.4) is 0 Å². The third-order valence-electron chi connectivity index (χ3n) is 2.80. The van der Waals surface area contributed by atoms with Gasteiger partial charge in [0.05, 0.1) is 31.6 Å². The molecule has 0 bridgehead atoms. The van der Waals surface area contributed by atoms with Crippen LogP contribution in [0.2, 0.25) is 0 Å². The molecule has 0 unspecified atom stereocenters. The van der Waals surface area contributed by atoms with Crippen molar-refractivity contribution in [3.05, 3.63) is 23.0 Å². The number of hydrogen-bond donors (Lipinski definition) is 3. The van der Waals surface area contributed by atoms with E-state index in [4.69, 9.17) is 4.74 Å². The summed E-state index contributed by atoms with van der Waals surface area (Å²) in [7, 11) is 0. The van der Waals surface area contributed by atoms with Gasteiger partial charge >= 0.3 is 0 Å². The van der Waals surface area contributed by atoms with Crippen LogP contribution < -0.4 is 5.32 Å². The quantitative estimate of drug-likeness (QED) is 0.729. The zero-order chi connectivity index (χ0) is 11.5. The molecule has 96 valence electrons. The average molecular weight is 261 g/mol. The Kier molecular flexibility index (Phi) is 5.14. The minimum atomic E-state index is -0.131. The van der Waals surface area contributed by atoms with Crippen molar-refractivity contribution in [3.8, 4) is 5.75 Å². The molecule has 1 fully saturated rings. The van der Waals surface area contributed by atoms with E-state index in [0.717, 1.165) is 6.54 Å². The van der Waals surface area contributed by atoms with Crippen molar-refractivity contribution in [1.82, 2.24) is 10.3 Å². The van der Waals surface area contributed by atoms with Gasteiger partial charge in [0.25, 0.3) is 0 Å². The smallest absolute Gasteiger partial charge is 0.141 e. The number of halogens is 1. The second-order valence-electron chi connectivity index (χ2n) is 3.87. The topological polar surface area (TPSA) is 74.6 Å². The average Bonchev–Trinajstić information content (AvgIpc) is 2.33. The summed E-state index contributed by atoms with van der Waals surface area (Å²) in [5.41, 5.74) is 1.92. The van der Waals surface area contributed by atoms with E-state index in [1.54, 1.807) is 13.1 Å². The van der Waals surface area contributed by atoms with E-state index in [0.29, 0.717) is 30.0 Å². The lowest BCUT2D eigenvalue weighted by Gasteiger charge is -2.26. The number of aryl methyl sites for hydroxylation is 1. The zero-order valence-corrected chi connectivity index (χ0v) is 10.5. The molecular weight excluding hydrogens is 244 g/mol. The number of rotatable bonds is 2. The van der Waals surface area contributed by atoms with Crippen molar-refractivity contribution in [3.63, 3.8) is 0 Å². The Bertz CT molecular complexity index is 381. The van der Waals surface area contributed by atoms with Crippen molar-refractivity contribution in [2.24, 2.45) is 0 Å². The molecule has 0 aromatic carbocycles. The summed E-state index contributed by atoms with van der Waals surface area (Å²) in [5, 5.41) is 22.5. The highest BCUT2D eigenvalue weighted by molar-refractivity contribution is 5.85. The van der Waals surface area contributed by atoms with Gasteiger partial charge in [-0.1, -0.05) is 0 Å². The third kappa shape index (κ3) is 2.87. The van der Waals surface area contributed by atoms with Crippen LogP contribution in [0.25, 0.3) is 0 Å². The fourth-order valence-electron chi connectivity index (χ4n) is 1.92. The van der Waals surface area contributed by atoms with E-state index in [1.807, 2.05) is 0 Å². The van der Waals surface area contributed by atoms with Crippen LogP contribution in [-0.4, -0.2) is 35.0 Å². The highest BCUT2D eigenvalue weighted by atomic mass is 35.5. The number of ether oxygens (including phenoxy) is 1. The van der Waals surface area contributed by atoms with Gasteiger partial charge in [0.15, 0.2) is 0 Å². The molecular formula is C11H17ClN2O3. The van der Waals surface area contributed by atoms with Gasteiger partial charge in [0, 0.05) is 23.9 Å². The molecule has 1 saturated heterocycles. The molecule has 0 aliphatic carbocycles. The number of nitrogens with one attached hydrogen (secondary N) is 1. The highest BCUT2D eigenvalue weighted by Crippen LogP contribution is 2.30. The fraction of sp³-hybridized carbons (Fsp3) is 0.545. The number of aliphatic hydroxyl groups excluding tert-OH is 1. The summed E-state index contributed by atoms with van der Waals surface area (Å²) >= 11 is 0. The van der Waals surface area contributed by atoms with Gasteiger partial charge in [0.2, 0.25) is 0 Å². The Morgan fingerprint density at radius 3 is 2.94 bits per heavy atom. The first-order valence-electron chi connectivity index (χ1n) is 5.33. The molecule has 17 heavy (non-hydrogen) atoms. The summed E-state index contributed by atoms with van der Waals surface area (Å²) in [6.45, 7) is 3.54. The second-order valence-corrected chi connectivity index (χ2v) is 3.87. The minimum Gasteiger partial charge on any atom is -0.506 e. The molecule has 0 saturated carbocycles. The van der Waals surface area contributed by atoms with Crippen LogP contribution >= 0.6 is 12.4 Å². The Morgan fingerprint density at radius 2 is 2.35 bits per heavy atom. The summed E-state index contributed by atoms with van der Waals surface area (Å²) in [4.78, 5) is 4.03. The normalized spacial score (nSPS) is 19.8. The molecule has 1 aliphatic rings. The van der Waals surface area contributed by atoms with Crippen molar-refractivity contribution >= 4 is 12.4 Å². The van der Waals surface area contributed by atoms with Gasteiger partial charge < -0.3 is 20.3 Å². The van der Waals surface area contributed by atoms with E-state index >= 15 is 0 Å². The lowest BCUT2D eigenvalue weighted by atomic mass is 10.00. The second kappa shape index (κ2) is 6.16. The zero-order valence-electron chi connectivity index (χ0n) is 9.64. The molecule has 1 aliphatic heterocycles. The Morgan fingerprint density at radius 1 is 1.59 bits per heavy atom. The molecule has 0 radical (unpaired) electrons. The van der Waals surface area contributed by atoms with Gasteiger partial charge in [-0.25, -0.2) is 0 Å². The summed E-state index contributed by atoms with van der Waals surface area (Å²) in [6, 6.07) is -0.0717. The fourth-order valence-corrected chi connectivity index (χ4v) is 1.92. The summed E-state index contributed by atoms with van der Waals surface area (Å²) < 4.78 is 5.36. The van der Waals surface area contributed by atoms with Crippen LogP contribution in [0.1, 0.15) is 22.9 Å². The molecule has 1 aromatic heterocycles. The molecule has 6 heteroatoms. The standard InChI is InChI=1S/C11H16N2O3.ClH/c1-7-11(15)10(8(5-14)4-13-7)9-6-16-3-2-12-9;/h4,9,12,14-15H,2-3,5-6H2,1H3;1H/t9-;/m0./s1. The van der Waals surface area contributed by atoms with Gasteiger partial charge in [-0.15, -0.1) is 12.4 Å². The molecule has 2 heterocycles. The maximum absolute atomic E-state index is 9.99. The molecule has 5 nitrogen and oxygen atoms in total. The van der Waals surface area contributed by atoms with Crippen LogP contribution in [-0.2, 0) is 11.3 Å². The largest absolute Gasteiger partial charge is 0.506 e. The predicted octanol–water partition coefficient (Wildman–Crippen LogP) is 0.671. The lowest BCUT2D eigenvalue weighted by Crippen LogP contribution is -2.35. The van der Waals surface area contributed by atoms with Crippen LogP contribution in [0, 0.1) is 6.92 Å².